The van der Waals surface area contributed by atoms with Gasteiger partial charge in [0.15, 0.2) is 0 Å². The Morgan fingerprint density at radius 1 is 1.06 bits per heavy atom. The number of thiol groups is 1. The van der Waals surface area contributed by atoms with E-state index in [1.54, 1.807) is 19.0 Å². The van der Waals surface area contributed by atoms with Gasteiger partial charge >= 0.3 is 6.18 Å². The molecular weight excluding hydrogens is 421 g/mol. The van der Waals surface area contributed by atoms with Crippen LogP contribution in [0.1, 0.15) is 55.5 Å². The Morgan fingerprint density at radius 2 is 1.71 bits per heavy atom. The fourth-order valence-corrected chi connectivity index (χ4v) is 3.32. The Labute approximate surface area is 186 Å². The Kier molecular flexibility index (Phi) is 6.99. The number of anilines is 1. The molecule has 0 aliphatic heterocycles. The summed E-state index contributed by atoms with van der Waals surface area (Å²) in [6, 6.07) is 15.7. The van der Waals surface area contributed by atoms with Gasteiger partial charge in [-0.15, -0.1) is 17.7 Å². The minimum atomic E-state index is -4.56. The van der Waals surface area contributed by atoms with E-state index in [1.165, 1.54) is 10.2 Å². The minimum Gasteiger partial charge on any atom is -0.347 e. The van der Waals surface area contributed by atoms with E-state index in [9.17, 15) is 13.2 Å². The predicted molar refractivity (Wildman–Crippen MR) is 120 cm³/mol. The third-order valence-electron chi connectivity index (χ3n) is 4.96. The van der Waals surface area contributed by atoms with Crippen LogP contribution in [0.4, 0.5) is 19.1 Å². The lowest BCUT2D eigenvalue weighted by Gasteiger charge is -2.17. The first-order valence-corrected chi connectivity index (χ1v) is 10.6. The van der Waals surface area contributed by atoms with Gasteiger partial charge in [0.05, 0.1) is 5.69 Å². The molecule has 0 N–H and O–H groups in total. The molecule has 0 amide bonds. The van der Waals surface area contributed by atoms with Crippen LogP contribution in [-0.2, 0) is 6.18 Å². The van der Waals surface area contributed by atoms with E-state index in [0.717, 1.165) is 23.3 Å². The molecule has 166 valence electrons. The van der Waals surface area contributed by atoms with Gasteiger partial charge in [0.25, 0.3) is 5.82 Å². The zero-order valence-electron chi connectivity index (χ0n) is 18.1. The Balaban J connectivity index is 0.000000330. The van der Waals surface area contributed by atoms with Crippen molar-refractivity contribution in [3.05, 3.63) is 65.5 Å². The zero-order valence-corrected chi connectivity index (χ0v) is 19.0. The summed E-state index contributed by atoms with van der Waals surface area (Å²) in [5, 5.41) is 3.76. The Morgan fingerprint density at radius 3 is 2.16 bits per heavy atom. The lowest BCUT2D eigenvalue weighted by molar-refractivity contribution is -0.144. The molecule has 0 saturated heterocycles. The van der Waals surface area contributed by atoms with Crippen LogP contribution < -0.4 is 4.90 Å². The molecule has 0 radical (unpaired) electrons. The Hall–Kier alpha value is -2.48. The van der Waals surface area contributed by atoms with Gasteiger partial charge < -0.3 is 4.90 Å². The number of hydrogen-bond donors (Lipinski definition) is 1. The first-order chi connectivity index (χ1) is 14.6. The predicted octanol–water partition coefficient (Wildman–Crippen LogP) is 6.33. The molecule has 3 aromatic rings. The van der Waals surface area contributed by atoms with Crippen LogP contribution in [0.2, 0.25) is 0 Å². The second-order valence-electron chi connectivity index (χ2n) is 8.12. The molecule has 1 saturated carbocycles. The molecule has 31 heavy (non-hydrogen) atoms. The van der Waals surface area contributed by atoms with Crippen LogP contribution in [0.3, 0.4) is 0 Å². The topological polar surface area (TPSA) is 34.0 Å². The van der Waals surface area contributed by atoms with E-state index >= 15 is 0 Å². The molecule has 0 unspecified atom stereocenters. The second kappa shape index (κ2) is 9.34. The summed E-state index contributed by atoms with van der Waals surface area (Å²) in [6.45, 7) is 4.21. The second-order valence-corrected chi connectivity index (χ2v) is 8.64. The summed E-state index contributed by atoms with van der Waals surface area (Å²) in [7, 11) is 3.33. The van der Waals surface area contributed by atoms with Gasteiger partial charge in [-0.1, -0.05) is 44.2 Å². The normalized spacial score (nSPS) is 13.7. The van der Waals surface area contributed by atoms with Crippen molar-refractivity contribution in [3.8, 4) is 5.69 Å². The summed E-state index contributed by atoms with van der Waals surface area (Å²) >= 11 is 4.08. The number of benzene rings is 2. The maximum atomic E-state index is 13.0. The first-order valence-electron chi connectivity index (χ1n) is 10.2. The van der Waals surface area contributed by atoms with Crippen molar-refractivity contribution in [2.75, 3.05) is 19.0 Å². The molecule has 0 spiro atoms. The summed E-state index contributed by atoms with van der Waals surface area (Å²) < 4.78 is 40.5. The van der Waals surface area contributed by atoms with Crippen LogP contribution >= 0.6 is 12.6 Å². The van der Waals surface area contributed by atoms with E-state index < -0.39 is 12.0 Å². The van der Waals surface area contributed by atoms with E-state index in [2.05, 4.69) is 42.6 Å². The molecule has 2 aromatic carbocycles. The van der Waals surface area contributed by atoms with Crippen molar-refractivity contribution in [1.82, 2.24) is 14.8 Å². The highest BCUT2D eigenvalue weighted by atomic mass is 32.1. The SMILES string of the molecule is CC(C)c1ccc(-n2nc(C(F)(F)F)nc2N(C)C)c(C2CC2)c1.Sc1ccccc1. The van der Waals surface area contributed by atoms with E-state index in [1.807, 2.05) is 42.5 Å². The number of hydrogen-bond acceptors (Lipinski definition) is 4. The van der Waals surface area contributed by atoms with Crippen molar-refractivity contribution >= 4 is 18.6 Å². The third-order valence-corrected chi connectivity index (χ3v) is 5.26. The lowest BCUT2D eigenvalue weighted by atomic mass is 9.97. The van der Waals surface area contributed by atoms with E-state index in [-0.39, 0.29) is 5.95 Å². The van der Waals surface area contributed by atoms with E-state index in [4.69, 9.17) is 0 Å². The Bertz CT molecular complexity index is 1010. The van der Waals surface area contributed by atoms with Crippen molar-refractivity contribution in [2.24, 2.45) is 0 Å². The van der Waals surface area contributed by atoms with E-state index in [0.29, 0.717) is 17.5 Å². The molecule has 1 aliphatic carbocycles. The first kappa shape index (κ1) is 23.2. The number of aromatic nitrogens is 3. The third kappa shape index (κ3) is 5.81. The molecule has 0 atom stereocenters. The molecule has 8 heteroatoms. The van der Waals surface area contributed by atoms with Gasteiger partial charge in [0.1, 0.15) is 0 Å². The van der Waals surface area contributed by atoms with Crippen LogP contribution in [0.15, 0.2) is 53.4 Å². The maximum Gasteiger partial charge on any atom is 0.453 e. The highest BCUT2D eigenvalue weighted by Crippen LogP contribution is 2.44. The number of alkyl halides is 3. The number of rotatable bonds is 4. The quantitative estimate of drug-likeness (QED) is 0.474. The van der Waals surface area contributed by atoms with Crippen LogP contribution in [0.25, 0.3) is 5.69 Å². The van der Waals surface area contributed by atoms with Crippen molar-refractivity contribution < 1.29 is 13.2 Å². The van der Waals surface area contributed by atoms with Crippen molar-refractivity contribution in [3.63, 3.8) is 0 Å². The van der Waals surface area contributed by atoms with Gasteiger partial charge in [-0.2, -0.15) is 22.8 Å². The summed E-state index contributed by atoms with van der Waals surface area (Å²) in [6.07, 6.45) is -2.44. The van der Waals surface area contributed by atoms with Gasteiger partial charge in [0, 0.05) is 19.0 Å². The van der Waals surface area contributed by atoms with Crippen molar-refractivity contribution in [2.45, 2.75) is 49.6 Å². The van der Waals surface area contributed by atoms with Gasteiger partial charge in [-0.25, -0.2) is 0 Å². The average Bonchev–Trinajstić information content (AvgIpc) is 3.44. The van der Waals surface area contributed by atoms with Gasteiger partial charge in [0.2, 0.25) is 5.95 Å². The maximum absolute atomic E-state index is 13.0. The molecule has 1 aliphatic rings. The summed E-state index contributed by atoms with van der Waals surface area (Å²) in [5.41, 5.74) is 2.93. The largest absolute Gasteiger partial charge is 0.453 e. The molecule has 4 nitrogen and oxygen atoms in total. The fraction of sp³-hybridized carbons (Fsp3) is 0.391. The van der Waals surface area contributed by atoms with Gasteiger partial charge in [-0.05, 0) is 54.0 Å². The molecule has 1 fully saturated rings. The average molecular weight is 449 g/mol. The molecule has 1 heterocycles. The summed E-state index contributed by atoms with van der Waals surface area (Å²) in [4.78, 5) is 6.26. The smallest absolute Gasteiger partial charge is 0.347 e. The molecule has 0 bridgehead atoms. The van der Waals surface area contributed by atoms with Gasteiger partial charge in [-0.3, -0.25) is 0 Å². The highest BCUT2D eigenvalue weighted by molar-refractivity contribution is 7.80. The van der Waals surface area contributed by atoms with Crippen molar-refractivity contribution in [1.29, 1.82) is 0 Å². The van der Waals surface area contributed by atoms with Crippen LogP contribution in [-0.4, -0.2) is 28.9 Å². The summed E-state index contributed by atoms with van der Waals surface area (Å²) in [5.74, 6) is -0.166. The zero-order chi connectivity index (χ0) is 22.8. The number of nitrogens with zero attached hydrogens (tertiary/aromatic N) is 4. The fourth-order valence-electron chi connectivity index (χ4n) is 3.15. The lowest BCUT2D eigenvalue weighted by Crippen LogP contribution is -2.16. The van der Waals surface area contributed by atoms with Crippen LogP contribution in [0.5, 0.6) is 0 Å². The van der Waals surface area contributed by atoms with Crippen LogP contribution in [0, 0.1) is 0 Å². The molecule has 4 rings (SSSR count). The molecular formula is C23H27F3N4S. The number of halogens is 3. The highest BCUT2D eigenvalue weighted by Gasteiger charge is 2.38. The minimum absolute atomic E-state index is 0.182. The standard InChI is InChI=1S/C17H21F3N4.C6H6S/c1-10(2)12-7-8-14(13(9-12)11-5-6-11)24-16(23(3)4)21-15(22-24)17(18,19)20;7-6-4-2-1-3-5-6/h7-11H,5-6H2,1-4H3;1-5,7H. The molecule has 1 aromatic heterocycles. The monoisotopic (exact) mass is 448 g/mol.